The molecule has 23 heavy (non-hydrogen) atoms. The number of amides is 2. The van der Waals surface area contributed by atoms with Crippen LogP contribution in [0.3, 0.4) is 0 Å². The molecule has 4 nitrogen and oxygen atoms in total. The fourth-order valence-electron chi connectivity index (χ4n) is 3.44. The minimum Gasteiger partial charge on any atom is -0.343 e. The molecular formula is C19H30N2O2. The first-order valence-corrected chi connectivity index (χ1v) is 8.75. The van der Waals surface area contributed by atoms with Gasteiger partial charge in [-0.25, -0.2) is 0 Å². The van der Waals surface area contributed by atoms with E-state index in [4.69, 9.17) is 0 Å². The Kier molecular flexibility index (Phi) is 5.66. The molecule has 4 heteroatoms. The monoisotopic (exact) mass is 318 g/mol. The Morgan fingerprint density at radius 1 is 1.22 bits per heavy atom. The summed E-state index contributed by atoms with van der Waals surface area (Å²) in [6.45, 7) is 13.2. The average molecular weight is 318 g/mol. The van der Waals surface area contributed by atoms with Gasteiger partial charge in [0.05, 0.1) is 0 Å². The summed E-state index contributed by atoms with van der Waals surface area (Å²) < 4.78 is 0. The third kappa shape index (κ3) is 4.69. The van der Waals surface area contributed by atoms with E-state index in [0.717, 1.165) is 44.5 Å². The van der Waals surface area contributed by atoms with Crippen molar-refractivity contribution in [2.75, 3.05) is 19.6 Å². The van der Waals surface area contributed by atoms with Gasteiger partial charge in [-0.2, -0.15) is 0 Å². The van der Waals surface area contributed by atoms with Crippen LogP contribution in [0, 0.1) is 11.3 Å². The lowest BCUT2D eigenvalue weighted by molar-refractivity contribution is -0.133. The van der Waals surface area contributed by atoms with Crippen LogP contribution in [0.5, 0.6) is 0 Å². The minimum atomic E-state index is 0.00517. The van der Waals surface area contributed by atoms with Gasteiger partial charge in [0.2, 0.25) is 5.91 Å². The zero-order chi connectivity index (χ0) is 17.0. The maximum Gasteiger partial charge on any atom is 0.251 e. The molecule has 0 spiro atoms. The Balaban J connectivity index is 1.64. The highest BCUT2D eigenvalue weighted by Crippen LogP contribution is 2.34. The Labute approximate surface area is 140 Å². The number of rotatable bonds is 5. The number of nitrogens with zero attached hydrogens (tertiary/aromatic N) is 2. The van der Waals surface area contributed by atoms with Crippen LogP contribution in [0.4, 0.5) is 0 Å². The fourth-order valence-corrected chi connectivity index (χ4v) is 3.44. The second-order valence-electron chi connectivity index (χ2n) is 7.79. The lowest BCUT2D eigenvalue weighted by atomic mass is 9.75. The maximum atomic E-state index is 12.3. The second kappa shape index (κ2) is 7.33. The summed E-state index contributed by atoms with van der Waals surface area (Å²) in [6.07, 6.45) is 7.78. The molecule has 1 fully saturated rings. The van der Waals surface area contributed by atoms with Gasteiger partial charge in [-0.05, 0) is 43.1 Å². The highest BCUT2D eigenvalue weighted by atomic mass is 16.2. The molecule has 0 bridgehead atoms. The Bertz CT molecular complexity index is 476. The van der Waals surface area contributed by atoms with Crippen LogP contribution in [-0.2, 0) is 9.59 Å². The van der Waals surface area contributed by atoms with Crippen LogP contribution in [0.15, 0.2) is 24.4 Å². The SMILES string of the molecule is C=C1C=CC(=O)N1CCCCC(=O)N1CCC(C(C)(C)C)CC1. The summed E-state index contributed by atoms with van der Waals surface area (Å²) in [6, 6.07) is 0. The van der Waals surface area contributed by atoms with E-state index >= 15 is 0 Å². The molecule has 2 aliphatic heterocycles. The molecule has 0 aromatic heterocycles. The van der Waals surface area contributed by atoms with Crippen molar-refractivity contribution in [3.05, 3.63) is 24.4 Å². The van der Waals surface area contributed by atoms with Gasteiger partial charge in [0.25, 0.3) is 5.91 Å². The smallest absolute Gasteiger partial charge is 0.251 e. The van der Waals surface area contributed by atoms with Gasteiger partial charge in [-0.1, -0.05) is 27.4 Å². The first-order valence-electron chi connectivity index (χ1n) is 8.75. The number of likely N-dealkylation sites (tertiary alicyclic amines) is 1. The third-order valence-corrected chi connectivity index (χ3v) is 5.13. The second-order valence-corrected chi connectivity index (χ2v) is 7.79. The number of piperidine rings is 1. The summed E-state index contributed by atoms with van der Waals surface area (Å²) >= 11 is 0. The number of hydrogen-bond donors (Lipinski definition) is 0. The summed E-state index contributed by atoms with van der Waals surface area (Å²) in [4.78, 5) is 27.6. The zero-order valence-corrected chi connectivity index (χ0v) is 14.8. The summed E-state index contributed by atoms with van der Waals surface area (Å²) in [5, 5.41) is 0. The molecule has 0 aromatic carbocycles. The molecule has 0 aromatic rings. The van der Waals surface area contributed by atoms with Crippen LogP contribution in [0.25, 0.3) is 0 Å². The predicted octanol–water partition coefficient (Wildman–Crippen LogP) is 3.35. The van der Waals surface area contributed by atoms with Gasteiger partial charge in [0.1, 0.15) is 0 Å². The molecular weight excluding hydrogens is 288 g/mol. The van der Waals surface area contributed by atoms with Crippen LogP contribution < -0.4 is 0 Å². The van der Waals surface area contributed by atoms with E-state index in [1.165, 1.54) is 0 Å². The first-order chi connectivity index (χ1) is 10.8. The third-order valence-electron chi connectivity index (χ3n) is 5.13. The van der Waals surface area contributed by atoms with E-state index in [9.17, 15) is 9.59 Å². The van der Waals surface area contributed by atoms with Crippen LogP contribution in [0.2, 0.25) is 0 Å². The van der Waals surface area contributed by atoms with Gasteiger partial charge < -0.3 is 9.80 Å². The van der Waals surface area contributed by atoms with E-state index in [1.54, 1.807) is 17.1 Å². The van der Waals surface area contributed by atoms with E-state index < -0.39 is 0 Å². The molecule has 1 saturated heterocycles. The molecule has 128 valence electrons. The highest BCUT2D eigenvalue weighted by Gasteiger charge is 2.30. The minimum absolute atomic E-state index is 0.00517. The lowest BCUT2D eigenvalue weighted by Crippen LogP contribution is -2.41. The van der Waals surface area contributed by atoms with Crippen LogP contribution >= 0.6 is 0 Å². The summed E-state index contributed by atoms with van der Waals surface area (Å²) in [5.74, 6) is 0.985. The topological polar surface area (TPSA) is 40.6 Å². The van der Waals surface area contributed by atoms with E-state index in [2.05, 4.69) is 27.4 Å². The standard InChI is InChI=1S/C19H30N2O2/c1-15-8-9-18(23)21(15)12-6-5-7-17(22)20-13-10-16(11-14-20)19(2,3)4/h8-9,16H,1,5-7,10-14H2,2-4H3. The Hall–Kier alpha value is -1.58. The number of carbonyl (C=O) groups excluding carboxylic acids is 2. The first kappa shape index (κ1) is 17.8. The van der Waals surface area contributed by atoms with Crippen LogP contribution in [-0.4, -0.2) is 41.2 Å². The lowest BCUT2D eigenvalue weighted by Gasteiger charge is -2.38. The quantitative estimate of drug-likeness (QED) is 0.729. The van der Waals surface area contributed by atoms with Gasteiger partial charge in [-0.3, -0.25) is 9.59 Å². The average Bonchev–Trinajstić information content (AvgIpc) is 2.82. The van der Waals surface area contributed by atoms with Gasteiger partial charge >= 0.3 is 0 Å². The maximum absolute atomic E-state index is 12.3. The molecule has 2 rings (SSSR count). The number of carbonyl (C=O) groups is 2. The molecule has 2 aliphatic rings. The van der Waals surface area contributed by atoms with Crippen molar-refractivity contribution in [1.29, 1.82) is 0 Å². The van der Waals surface area contributed by atoms with Crippen molar-refractivity contribution in [1.82, 2.24) is 9.80 Å². The fraction of sp³-hybridized carbons (Fsp3) is 0.684. The molecule has 0 atom stereocenters. The zero-order valence-electron chi connectivity index (χ0n) is 14.8. The molecule has 0 saturated carbocycles. The molecule has 2 heterocycles. The highest BCUT2D eigenvalue weighted by molar-refractivity contribution is 5.92. The summed E-state index contributed by atoms with van der Waals surface area (Å²) in [7, 11) is 0. The van der Waals surface area contributed by atoms with Crippen molar-refractivity contribution in [2.45, 2.75) is 52.9 Å². The van der Waals surface area contributed by atoms with Gasteiger partial charge in [0.15, 0.2) is 0 Å². The van der Waals surface area contributed by atoms with Crippen molar-refractivity contribution in [3.63, 3.8) is 0 Å². The van der Waals surface area contributed by atoms with Crippen molar-refractivity contribution in [3.8, 4) is 0 Å². The van der Waals surface area contributed by atoms with Gasteiger partial charge in [-0.15, -0.1) is 0 Å². The van der Waals surface area contributed by atoms with Crippen molar-refractivity contribution >= 4 is 11.8 Å². The number of hydrogen-bond acceptors (Lipinski definition) is 2. The largest absolute Gasteiger partial charge is 0.343 e. The van der Waals surface area contributed by atoms with Crippen molar-refractivity contribution < 1.29 is 9.59 Å². The van der Waals surface area contributed by atoms with Gasteiger partial charge in [0, 0.05) is 37.8 Å². The van der Waals surface area contributed by atoms with E-state index in [1.807, 2.05) is 4.90 Å². The molecule has 0 unspecified atom stereocenters. The van der Waals surface area contributed by atoms with E-state index in [0.29, 0.717) is 24.3 Å². The number of unbranched alkanes of at least 4 members (excludes halogenated alkanes) is 1. The van der Waals surface area contributed by atoms with Crippen LogP contribution in [0.1, 0.15) is 52.9 Å². The predicted molar refractivity (Wildman–Crippen MR) is 92.6 cm³/mol. The Morgan fingerprint density at radius 2 is 1.87 bits per heavy atom. The summed E-state index contributed by atoms with van der Waals surface area (Å²) in [5.41, 5.74) is 1.10. The Morgan fingerprint density at radius 3 is 2.39 bits per heavy atom. The molecule has 2 amide bonds. The molecule has 0 radical (unpaired) electrons. The number of allylic oxidation sites excluding steroid dienone is 1. The van der Waals surface area contributed by atoms with E-state index in [-0.39, 0.29) is 11.8 Å². The molecule has 0 aliphatic carbocycles. The normalized spacial score (nSPS) is 19.8. The molecule has 0 N–H and O–H groups in total. The van der Waals surface area contributed by atoms with Crippen molar-refractivity contribution in [2.24, 2.45) is 11.3 Å².